The molecule has 0 heteroatoms. The zero-order chi connectivity index (χ0) is 17.8. The molecule has 0 nitrogen and oxygen atoms in total. The van der Waals surface area contributed by atoms with Crippen molar-refractivity contribution >= 4 is 17.7 Å². The molecule has 0 radical (unpaired) electrons. The Morgan fingerprint density at radius 3 is 2.08 bits per heavy atom. The van der Waals surface area contributed by atoms with Gasteiger partial charge < -0.3 is 0 Å². The van der Waals surface area contributed by atoms with Gasteiger partial charge in [-0.25, -0.2) is 0 Å². The Labute approximate surface area is 151 Å². The summed E-state index contributed by atoms with van der Waals surface area (Å²) >= 11 is 0. The molecule has 0 aliphatic heterocycles. The summed E-state index contributed by atoms with van der Waals surface area (Å²) in [6.45, 7) is 10.3. The highest BCUT2D eigenvalue weighted by Crippen LogP contribution is 2.29. The van der Waals surface area contributed by atoms with Crippen LogP contribution in [0.15, 0.2) is 73.3 Å². The second kappa shape index (κ2) is 7.36. The molecule has 0 spiro atoms. The predicted molar refractivity (Wildman–Crippen MR) is 111 cm³/mol. The molecule has 0 amide bonds. The van der Waals surface area contributed by atoms with Crippen LogP contribution in [-0.4, -0.2) is 0 Å². The molecule has 124 valence electrons. The third kappa shape index (κ3) is 3.97. The standard InChI is InChI=1S/C25H24/c1-5-21-10-12-22(13-11-21)17-25(23-8-6-7-18(2)16-23)24-14-9-19(3)15-20(24)4/h5-17H,1H2,2-4H3/b25-17+. The van der Waals surface area contributed by atoms with Crippen LogP contribution in [0, 0.1) is 20.8 Å². The first kappa shape index (κ1) is 17.0. The Kier molecular flexibility index (Phi) is 5.00. The monoisotopic (exact) mass is 324 g/mol. The molecule has 0 N–H and O–H groups in total. The zero-order valence-corrected chi connectivity index (χ0v) is 15.2. The molecule has 0 aromatic heterocycles. The fraction of sp³-hybridized carbons (Fsp3) is 0.120. The summed E-state index contributed by atoms with van der Waals surface area (Å²) in [5, 5.41) is 0. The Morgan fingerprint density at radius 2 is 1.44 bits per heavy atom. The van der Waals surface area contributed by atoms with E-state index in [1.54, 1.807) is 0 Å². The first-order chi connectivity index (χ1) is 12.1. The van der Waals surface area contributed by atoms with Gasteiger partial charge in [-0.1, -0.05) is 90.5 Å². The van der Waals surface area contributed by atoms with Crippen molar-refractivity contribution in [1.29, 1.82) is 0 Å². The van der Waals surface area contributed by atoms with Crippen molar-refractivity contribution in [3.8, 4) is 0 Å². The van der Waals surface area contributed by atoms with Crippen LogP contribution in [0.2, 0.25) is 0 Å². The quantitative estimate of drug-likeness (QED) is 0.461. The molecule has 0 bridgehead atoms. The molecule has 25 heavy (non-hydrogen) atoms. The minimum absolute atomic E-state index is 1.14. The average Bonchev–Trinajstić information content (AvgIpc) is 2.61. The van der Waals surface area contributed by atoms with Crippen LogP contribution in [0.3, 0.4) is 0 Å². The molecule has 0 fully saturated rings. The Morgan fingerprint density at radius 1 is 0.760 bits per heavy atom. The Bertz CT molecular complexity index is 925. The molecule has 0 aliphatic carbocycles. The summed E-state index contributed by atoms with van der Waals surface area (Å²) in [4.78, 5) is 0. The largest absolute Gasteiger partial charge is 0.0985 e. The van der Waals surface area contributed by atoms with E-state index in [1.807, 2.05) is 6.08 Å². The van der Waals surface area contributed by atoms with E-state index in [9.17, 15) is 0 Å². The maximum atomic E-state index is 3.83. The first-order valence-corrected chi connectivity index (χ1v) is 8.66. The smallest absolute Gasteiger partial charge is 0.0103 e. The van der Waals surface area contributed by atoms with E-state index in [4.69, 9.17) is 0 Å². The number of benzene rings is 3. The maximum absolute atomic E-state index is 3.83. The van der Waals surface area contributed by atoms with Gasteiger partial charge in [0.25, 0.3) is 0 Å². The van der Waals surface area contributed by atoms with E-state index in [-0.39, 0.29) is 0 Å². The van der Waals surface area contributed by atoms with Gasteiger partial charge in [-0.05, 0) is 60.2 Å². The minimum atomic E-state index is 1.14. The topological polar surface area (TPSA) is 0 Å². The highest BCUT2D eigenvalue weighted by Gasteiger charge is 2.09. The summed E-state index contributed by atoms with van der Waals surface area (Å²) in [6.07, 6.45) is 4.15. The zero-order valence-electron chi connectivity index (χ0n) is 15.2. The molecule has 0 heterocycles. The molecule has 3 aromatic rings. The van der Waals surface area contributed by atoms with E-state index in [0.29, 0.717) is 0 Å². The van der Waals surface area contributed by atoms with Crippen LogP contribution in [-0.2, 0) is 0 Å². The lowest BCUT2D eigenvalue weighted by Gasteiger charge is -2.13. The van der Waals surface area contributed by atoms with Gasteiger partial charge in [0.1, 0.15) is 0 Å². The highest BCUT2D eigenvalue weighted by molar-refractivity contribution is 5.92. The van der Waals surface area contributed by atoms with Gasteiger partial charge in [0.05, 0.1) is 0 Å². The van der Waals surface area contributed by atoms with Crippen molar-refractivity contribution in [2.24, 2.45) is 0 Å². The van der Waals surface area contributed by atoms with Crippen molar-refractivity contribution in [3.63, 3.8) is 0 Å². The van der Waals surface area contributed by atoms with E-state index < -0.39 is 0 Å². The van der Waals surface area contributed by atoms with Crippen molar-refractivity contribution in [3.05, 3.63) is 112 Å². The Hall–Kier alpha value is -2.86. The van der Waals surface area contributed by atoms with E-state index in [1.165, 1.54) is 39.0 Å². The van der Waals surface area contributed by atoms with Gasteiger partial charge in [-0.3, -0.25) is 0 Å². The lowest BCUT2D eigenvalue weighted by molar-refractivity contribution is 1.35. The molecule has 0 unspecified atom stereocenters. The van der Waals surface area contributed by atoms with Crippen LogP contribution in [0.1, 0.15) is 38.9 Å². The number of hydrogen-bond acceptors (Lipinski definition) is 0. The lowest BCUT2D eigenvalue weighted by Crippen LogP contribution is -1.93. The van der Waals surface area contributed by atoms with Gasteiger partial charge in [0.2, 0.25) is 0 Å². The van der Waals surface area contributed by atoms with Crippen molar-refractivity contribution in [2.75, 3.05) is 0 Å². The van der Waals surface area contributed by atoms with Crippen LogP contribution in [0.25, 0.3) is 17.7 Å². The van der Waals surface area contributed by atoms with Crippen molar-refractivity contribution in [1.82, 2.24) is 0 Å². The number of rotatable bonds is 4. The fourth-order valence-corrected chi connectivity index (χ4v) is 3.14. The molecular formula is C25H24. The lowest BCUT2D eigenvalue weighted by atomic mass is 9.91. The second-order valence-electron chi connectivity index (χ2n) is 6.62. The third-order valence-electron chi connectivity index (χ3n) is 4.48. The molecule has 0 saturated carbocycles. The fourth-order valence-electron chi connectivity index (χ4n) is 3.14. The second-order valence-corrected chi connectivity index (χ2v) is 6.62. The van der Waals surface area contributed by atoms with Crippen LogP contribution in [0.5, 0.6) is 0 Å². The van der Waals surface area contributed by atoms with Gasteiger partial charge >= 0.3 is 0 Å². The third-order valence-corrected chi connectivity index (χ3v) is 4.48. The molecular weight excluding hydrogens is 300 g/mol. The molecule has 0 saturated heterocycles. The van der Waals surface area contributed by atoms with E-state index >= 15 is 0 Å². The number of hydrogen-bond donors (Lipinski definition) is 0. The molecule has 0 atom stereocenters. The van der Waals surface area contributed by atoms with Gasteiger partial charge in [0.15, 0.2) is 0 Å². The van der Waals surface area contributed by atoms with Gasteiger partial charge in [-0.15, -0.1) is 0 Å². The molecule has 3 rings (SSSR count). The summed E-state index contributed by atoms with van der Waals surface area (Å²) < 4.78 is 0. The molecule has 0 aliphatic rings. The van der Waals surface area contributed by atoms with Crippen LogP contribution in [0.4, 0.5) is 0 Å². The van der Waals surface area contributed by atoms with Crippen LogP contribution < -0.4 is 0 Å². The van der Waals surface area contributed by atoms with Crippen molar-refractivity contribution in [2.45, 2.75) is 20.8 Å². The minimum Gasteiger partial charge on any atom is -0.0985 e. The van der Waals surface area contributed by atoms with Crippen molar-refractivity contribution < 1.29 is 0 Å². The number of aryl methyl sites for hydroxylation is 3. The van der Waals surface area contributed by atoms with Gasteiger partial charge in [-0.2, -0.15) is 0 Å². The highest BCUT2D eigenvalue weighted by atomic mass is 14.1. The molecule has 3 aromatic carbocycles. The van der Waals surface area contributed by atoms with E-state index in [0.717, 1.165) is 5.56 Å². The average molecular weight is 324 g/mol. The SMILES string of the molecule is C=Cc1ccc(/C=C(\c2cccc(C)c2)c2ccc(C)cc2C)cc1. The maximum Gasteiger partial charge on any atom is -0.0103 e. The normalized spacial score (nSPS) is 11.4. The predicted octanol–water partition coefficient (Wildman–Crippen LogP) is 6.84. The van der Waals surface area contributed by atoms with Crippen LogP contribution >= 0.6 is 0 Å². The van der Waals surface area contributed by atoms with E-state index in [2.05, 4.69) is 100 Å². The summed E-state index contributed by atoms with van der Waals surface area (Å²) in [6, 6.07) is 23.9. The Balaban J connectivity index is 2.17. The van der Waals surface area contributed by atoms with Gasteiger partial charge in [0, 0.05) is 0 Å². The summed E-state index contributed by atoms with van der Waals surface area (Å²) in [7, 11) is 0. The first-order valence-electron chi connectivity index (χ1n) is 8.66. The summed E-state index contributed by atoms with van der Waals surface area (Å²) in [5.74, 6) is 0. The summed E-state index contributed by atoms with van der Waals surface area (Å²) in [5.41, 5.74) is 9.99.